The zero-order chi connectivity index (χ0) is 10.3. The van der Waals surface area contributed by atoms with Crippen LogP contribution in [0.2, 0.25) is 0 Å². The van der Waals surface area contributed by atoms with E-state index in [1.54, 1.807) is 0 Å². The molecule has 2 aliphatic rings. The summed E-state index contributed by atoms with van der Waals surface area (Å²) in [7, 11) is 0. The highest BCUT2D eigenvalue weighted by atomic mass is 79.9. The van der Waals surface area contributed by atoms with Crippen LogP contribution in [0.5, 0.6) is 0 Å². The molecule has 0 unspecified atom stereocenters. The van der Waals surface area contributed by atoms with Crippen molar-refractivity contribution in [3.63, 3.8) is 0 Å². The van der Waals surface area contributed by atoms with Gasteiger partial charge in [0, 0.05) is 17.5 Å². The lowest BCUT2D eigenvalue weighted by Crippen LogP contribution is -2.53. The summed E-state index contributed by atoms with van der Waals surface area (Å²) in [5.41, 5.74) is 0.263. The van der Waals surface area contributed by atoms with Gasteiger partial charge in [0.05, 0.1) is 22.4 Å². The van der Waals surface area contributed by atoms with E-state index in [2.05, 4.69) is 33.4 Å². The van der Waals surface area contributed by atoms with Crippen LogP contribution in [0.1, 0.15) is 17.7 Å². The second-order valence-corrected chi connectivity index (χ2v) is 7.00. The van der Waals surface area contributed by atoms with Gasteiger partial charge in [0.15, 0.2) is 0 Å². The van der Waals surface area contributed by atoms with Crippen LogP contribution in [0.25, 0.3) is 0 Å². The van der Waals surface area contributed by atoms with Gasteiger partial charge >= 0.3 is 0 Å². The van der Waals surface area contributed by atoms with Crippen molar-refractivity contribution < 1.29 is 4.74 Å². The largest absolute Gasteiger partial charge is 0.379 e. The normalized spacial score (nSPS) is 23.8. The van der Waals surface area contributed by atoms with E-state index in [0.717, 1.165) is 25.8 Å². The van der Waals surface area contributed by atoms with Crippen molar-refractivity contribution in [3.05, 3.63) is 20.8 Å². The van der Waals surface area contributed by atoms with Crippen LogP contribution in [0.4, 0.5) is 0 Å². The van der Waals surface area contributed by atoms with Crippen LogP contribution < -0.4 is 5.32 Å². The summed E-state index contributed by atoms with van der Waals surface area (Å²) in [6.07, 6.45) is 2.70. The number of hydrogen-bond acceptors (Lipinski definition) is 3. The molecule has 0 spiro atoms. The lowest BCUT2D eigenvalue weighted by Gasteiger charge is -2.41. The monoisotopic (exact) mass is 287 g/mol. The van der Waals surface area contributed by atoms with Gasteiger partial charge in [-0.1, -0.05) is 0 Å². The minimum absolute atomic E-state index is 0.263. The molecule has 2 fully saturated rings. The molecule has 82 valence electrons. The Morgan fingerprint density at radius 3 is 2.73 bits per heavy atom. The summed E-state index contributed by atoms with van der Waals surface area (Å²) >= 11 is 5.37. The third-order valence-electron chi connectivity index (χ3n) is 3.16. The van der Waals surface area contributed by atoms with E-state index in [1.165, 1.54) is 21.5 Å². The number of ether oxygens (including phenoxy) is 1. The van der Waals surface area contributed by atoms with Crippen LogP contribution in [-0.4, -0.2) is 25.8 Å². The molecule has 0 bridgehead atoms. The van der Waals surface area contributed by atoms with Crippen LogP contribution in [0.3, 0.4) is 0 Å². The zero-order valence-corrected chi connectivity index (χ0v) is 10.9. The molecular formula is C11H14BrNOS. The van der Waals surface area contributed by atoms with Gasteiger partial charge in [0.2, 0.25) is 0 Å². The van der Waals surface area contributed by atoms with Crippen molar-refractivity contribution in [1.29, 1.82) is 0 Å². The van der Waals surface area contributed by atoms with Gasteiger partial charge in [0.25, 0.3) is 0 Å². The summed E-state index contributed by atoms with van der Waals surface area (Å²) < 4.78 is 6.62. The van der Waals surface area contributed by atoms with Crippen molar-refractivity contribution >= 4 is 27.3 Å². The minimum atomic E-state index is 0.263. The first-order chi connectivity index (χ1) is 7.28. The Balaban J connectivity index is 1.72. The first-order valence-corrected chi connectivity index (χ1v) is 6.96. The summed E-state index contributed by atoms with van der Waals surface area (Å²) in [4.78, 5) is 1.45. The van der Waals surface area contributed by atoms with Crippen LogP contribution in [0, 0.1) is 0 Å². The lowest BCUT2D eigenvalue weighted by molar-refractivity contribution is -0.0573. The smallest absolute Gasteiger partial charge is 0.0701 e. The summed E-state index contributed by atoms with van der Waals surface area (Å²) in [5, 5.41) is 3.62. The Kier molecular flexibility index (Phi) is 2.63. The molecule has 2 nitrogen and oxygen atoms in total. The van der Waals surface area contributed by atoms with Crippen molar-refractivity contribution in [2.45, 2.75) is 24.3 Å². The highest BCUT2D eigenvalue weighted by Crippen LogP contribution is 2.38. The molecule has 1 saturated heterocycles. The van der Waals surface area contributed by atoms with Crippen molar-refractivity contribution in [3.8, 4) is 0 Å². The second kappa shape index (κ2) is 3.84. The second-order valence-electron chi connectivity index (χ2n) is 4.53. The quantitative estimate of drug-likeness (QED) is 0.919. The Labute approximate surface area is 102 Å². The van der Waals surface area contributed by atoms with Gasteiger partial charge < -0.3 is 10.1 Å². The first kappa shape index (κ1) is 10.3. The van der Waals surface area contributed by atoms with E-state index in [-0.39, 0.29) is 5.41 Å². The third-order valence-corrected chi connectivity index (χ3v) is 5.03. The summed E-state index contributed by atoms with van der Waals surface area (Å²) in [6, 6.07) is 5.15. The molecule has 0 aromatic carbocycles. The van der Waals surface area contributed by atoms with Gasteiger partial charge in [-0.05, 0) is 40.9 Å². The van der Waals surface area contributed by atoms with Crippen molar-refractivity contribution in [2.24, 2.45) is 0 Å². The maximum Gasteiger partial charge on any atom is 0.0701 e. The predicted octanol–water partition coefficient (Wildman–Crippen LogP) is 2.53. The molecule has 0 atom stereocenters. The van der Waals surface area contributed by atoms with Crippen LogP contribution in [0.15, 0.2) is 15.9 Å². The summed E-state index contributed by atoms with van der Waals surface area (Å²) in [6.45, 7) is 2.82. The van der Waals surface area contributed by atoms with E-state index in [1.807, 2.05) is 11.3 Å². The zero-order valence-electron chi connectivity index (χ0n) is 8.46. The molecule has 1 saturated carbocycles. The predicted molar refractivity (Wildman–Crippen MR) is 65.5 cm³/mol. The molecule has 1 aromatic heterocycles. The average Bonchev–Trinajstić information content (AvgIpc) is 2.88. The molecule has 1 aliphatic carbocycles. The Hall–Kier alpha value is 0.1000. The van der Waals surface area contributed by atoms with Gasteiger partial charge in [-0.2, -0.15) is 0 Å². The van der Waals surface area contributed by atoms with Crippen molar-refractivity contribution in [2.75, 3.05) is 19.8 Å². The first-order valence-electron chi connectivity index (χ1n) is 5.35. The number of rotatable bonds is 4. The standard InChI is InChI=1S/C11H14BrNOS/c12-10-4-3-9(15-10)11(6-14-7-11)5-13-8-1-2-8/h3-4,8,13H,1-2,5-7H2. The molecule has 0 amide bonds. The fourth-order valence-electron chi connectivity index (χ4n) is 1.91. The molecule has 15 heavy (non-hydrogen) atoms. The topological polar surface area (TPSA) is 21.3 Å². The molecule has 1 N–H and O–H groups in total. The Morgan fingerprint density at radius 1 is 1.47 bits per heavy atom. The average molecular weight is 288 g/mol. The lowest BCUT2D eigenvalue weighted by atomic mass is 9.84. The highest BCUT2D eigenvalue weighted by molar-refractivity contribution is 9.11. The highest BCUT2D eigenvalue weighted by Gasteiger charge is 2.42. The van der Waals surface area contributed by atoms with Gasteiger partial charge in [-0.15, -0.1) is 11.3 Å². The van der Waals surface area contributed by atoms with Crippen LogP contribution in [-0.2, 0) is 10.2 Å². The number of hydrogen-bond donors (Lipinski definition) is 1. The molecule has 1 aromatic rings. The molecule has 4 heteroatoms. The van der Waals surface area contributed by atoms with E-state index in [0.29, 0.717) is 0 Å². The Morgan fingerprint density at radius 2 is 2.27 bits per heavy atom. The van der Waals surface area contributed by atoms with E-state index >= 15 is 0 Å². The SMILES string of the molecule is Brc1ccc(C2(CNC3CC3)COC2)s1. The molecule has 0 radical (unpaired) electrons. The molecular weight excluding hydrogens is 274 g/mol. The van der Waals surface area contributed by atoms with Gasteiger partial charge in [-0.25, -0.2) is 0 Å². The maximum absolute atomic E-state index is 5.41. The summed E-state index contributed by atoms with van der Waals surface area (Å²) in [5.74, 6) is 0. The molecule has 3 rings (SSSR count). The van der Waals surface area contributed by atoms with E-state index < -0.39 is 0 Å². The number of thiophene rings is 1. The maximum atomic E-state index is 5.41. The van der Waals surface area contributed by atoms with Gasteiger partial charge in [-0.3, -0.25) is 0 Å². The van der Waals surface area contributed by atoms with Crippen LogP contribution >= 0.6 is 27.3 Å². The third kappa shape index (κ3) is 2.00. The van der Waals surface area contributed by atoms with Crippen molar-refractivity contribution in [1.82, 2.24) is 5.32 Å². The fourth-order valence-corrected chi connectivity index (χ4v) is 3.45. The Bertz CT molecular complexity index is 357. The fraction of sp³-hybridized carbons (Fsp3) is 0.636. The number of halogens is 1. The molecule has 2 heterocycles. The van der Waals surface area contributed by atoms with E-state index in [9.17, 15) is 0 Å². The molecule has 1 aliphatic heterocycles. The number of nitrogens with one attached hydrogen (secondary N) is 1. The minimum Gasteiger partial charge on any atom is -0.379 e. The van der Waals surface area contributed by atoms with Gasteiger partial charge in [0.1, 0.15) is 0 Å². The van der Waals surface area contributed by atoms with E-state index in [4.69, 9.17) is 4.74 Å².